The van der Waals surface area contributed by atoms with Gasteiger partial charge in [-0.15, -0.1) is 0 Å². The molecule has 0 aromatic rings. The van der Waals surface area contributed by atoms with Crippen LogP contribution in [0.25, 0.3) is 0 Å². The van der Waals surface area contributed by atoms with Crippen LogP contribution in [-0.2, 0) is 9.53 Å². The zero-order valence-electron chi connectivity index (χ0n) is 6.14. The van der Waals surface area contributed by atoms with Gasteiger partial charge in [0.25, 0.3) is 0 Å². The second-order valence-corrected chi connectivity index (χ2v) is 1.82. The zero-order chi connectivity index (χ0) is 7.98. The summed E-state index contributed by atoms with van der Waals surface area (Å²) in [6.45, 7) is 1.96. The lowest BCUT2D eigenvalue weighted by atomic mass is 10.1. The van der Waals surface area contributed by atoms with Crippen molar-refractivity contribution >= 4 is 19.6 Å². The van der Waals surface area contributed by atoms with E-state index >= 15 is 0 Å². The van der Waals surface area contributed by atoms with Crippen LogP contribution in [0.3, 0.4) is 0 Å². The first-order valence-corrected chi connectivity index (χ1v) is 3.00. The van der Waals surface area contributed by atoms with Crippen LogP contribution in [0.4, 0.5) is 4.79 Å². The molecule has 0 aromatic heterocycles. The van der Waals surface area contributed by atoms with Gasteiger partial charge in [0.15, 0.2) is 5.81 Å². The maximum absolute atomic E-state index is 10.2. The first-order valence-electron chi connectivity index (χ1n) is 3.00. The molecular weight excluding hydrogens is 133 g/mol. The van der Waals surface area contributed by atoms with E-state index in [1.165, 1.54) is 14.8 Å². The molecule has 10 heavy (non-hydrogen) atoms. The molecule has 0 saturated carbocycles. The quantitative estimate of drug-likeness (QED) is 0.309. The molecule has 0 aliphatic heterocycles. The Balaban J connectivity index is 3.06. The third-order valence-corrected chi connectivity index (χ3v) is 0.781. The summed E-state index contributed by atoms with van der Waals surface area (Å²) in [5.74, 6) is -0.447. The predicted molar refractivity (Wildman–Crippen MR) is 38.6 cm³/mol. The summed E-state index contributed by atoms with van der Waals surface area (Å²) < 4.78 is 4.54. The van der Waals surface area contributed by atoms with Crippen LogP contribution < -0.4 is 5.32 Å². The van der Waals surface area contributed by atoms with Gasteiger partial charge in [-0.2, -0.15) is 0 Å². The van der Waals surface area contributed by atoms with Gasteiger partial charge in [-0.05, 0) is 0 Å². The molecule has 0 unspecified atom stereocenters. The van der Waals surface area contributed by atoms with Crippen LogP contribution in [0, 0.1) is 0 Å². The van der Waals surface area contributed by atoms with Gasteiger partial charge in [0.1, 0.15) is 6.61 Å². The fraction of sp³-hybridized carbons (Fsp3) is 0.600. The molecule has 0 radical (unpaired) electrons. The van der Waals surface area contributed by atoms with Crippen molar-refractivity contribution in [2.75, 3.05) is 13.2 Å². The van der Waals surface area contributed by atoms with Gasteiger partial charge in [-0.1, -0.05) is 0 Å². The number of hydrogen-bond donors (Lipinski definition) is 1. The standard InChI is InChI=1S/C5H10BNO3/c1-4(8)10-3-2-7-5(6)9/h2-3,6H2,1H3,(H,7,9). The molecule has 1 N–H and O–H groups in total. The molecule has 0 bridgehead atoms. The van der Waals surface area contributed by atoms with Gasteiger partial charge in [-0.3, -0.25) is 9.59 Å². The summed E-state index contributed by atoms with van der Waals surface area (Å²) >= 11 is 0. The molecule has 0 aliphatic carbocycles. The molecule has 0 aliphatic rings. The van der Waals surface area contributed by atoms with Gasteiger partial charge in [-0.25, -0.2) is 0 Å². The SMILES string of the molecule is BC(=O)NCCOC(C)=O. The molecule has 0 heterocycles. The Labute approximate surface area is 60.3 Å². The van der Waals surface area contributed by atoms with Gasteiger partial charge >= 0.3 is 5.97 Å². The van der Waals surface area contributed by atoms with Crippen molar-refractivity contribution in [2.24, 2.45) is 0 Å². The molecule has 56 valence electrons. The summed E-state index contributed by atoms with van der Waals surface area (Å²) in [5.41, 5.74) is 0. The minimum Gasteiger partial charge on any atom is -0.464 e. The number of ether oxygens (including phenoxy) is 1. The molecule has 4 nitrogen and oxygen atoms in total. The second-order valence-electron chi connectivity index (χ2n) is 1.82. The minimum atomic E-state index is -0.328. The Morgan fingerprint density at radius 3 is 2.60 bits per heavy atom. The fourth-order valence-corrected chi connectivity index (χ4v) is 0.422. The van der Waals surface area contributed by atoms with Crippen LogP contribution in [0.1, 0.15) is 6.92 Å². The highest BCUT2D eigenvalue weighted by Gasteiger charge is 1.92. The van der Waals surface area contributed by atoms with Crippen LogP contribution in [-0.4, -0.2) is 32.8 Å². The van der Waals surface area contributed by atoms with E-state index in [1.807, 2.05) is 0 Å². The number of carbonyl (C=O) groups excluding carboxylic acids is 2. The summed E-state index contributed by atoms with van der Waals surface area (Å²) in [5, 5.41) is 2.48. The smallest absolute Gasteiger partial charge is 0.302 e. The van der Waals surface area contributed by atoms with Crippen molar-refractivity contribution in [1.29, 1.82) is 0 Å². The van der Waals surface area contributed by atoms with E-state index in [1.54, 1.807) is 0 Å². The maximum Gasteiger partial charge on any atom is 0.302 e. The normalized spacial score (nSPS) is 8.50. The van der Waals surface area contributed by atoms with Crippen LogP contribution >= 0.6 is 0 Å². The molecular formula is C5H10BNO3. The Hall–Kier alpha value is -0.995. The average molecular weight is 143 g/mol. The van der Waals surface area contributed by atoms with Crippen molar-refractivity contribution in [3.8, 4) is 0 Å². The highest BCUT2D eigenvalue weighted by Crippen LogP contribution is 1.73. The molecule has 0 saturated heterocycles. The van der Waals surface area contributed by atoms with Crippen molar-refractivity contribution in [2.45, 2.75) is 6.92 Å². The zero-order valence-corrected chi connectivity index (χ0v) is 6.14. The molecule has 0 aromatic carbocycles. The van der Waals surface area contributed by atoms with Gasteiger partial charge in [0, 0.05) is 6.92 Å². The van der Waals surface area contributed by atoms with Crippen molar-refractivity contribution in [1.82, 2.24) is 5.32 Å². The largest absolute Gasteiger partial charge is 0.464 e. The maximum atomic E-state index is 10.2. The summed E-state index contributed by atoms with van der Waals surface area (Å²) in [4.78, 5) is 20.4. The number of carbonyl (C=O) groups is 2. The highest BCUT2D eigenvalue weighted by molar-refractivity contribution is 6.57. The van der Waals surface area contributed by atoms with E-state index in [9.17, 15) is 9.59 Å². The van der Waals surface area contributed by atoms with E-state index in [-0.39, 0.29) is 18.4 Å². The highest BCUT2D eigenvalue weighted by atomic mass is 16.5. The lowest BCUT2D eigenvalue weighted by molar-refractivity contribution is -0.140. The minimum absolute atomic E-state index is 0.118. The van der Waals surface area contributed by atoms with Crippen LogP contribution in [0.15, 0.2) is 0 Å². The lowest BCUT2D eigenvalue weighted by Gasteiger charge is -2.01. The third kappa shape index (κ3) is 7.00. The number of hydrogen-bond acceptors (Lipinski definition) is 3. The average Bonchev–Trinajstić information content (AvgIpc) is 1.79. The van der Waals surface area contributed by atoms with E-state index in [2.05, 4.69) is 10.1 Å². The third-order valence-electron chi connectivity index (χ3n) is 0.781. The van der Waals surface area contributed by atoms with Gasteiger partial charge < -0.3 is 10.1 Å². The number of amides is 1. The Kier molecular flexibility index (Phi) is 4.36. The monoisotopic (exact) mass is 143 g/mol. The van der Waals surface area contributed by atoms with Crippen LogP contribution in [0.5, 0.6) is 0 Å². The van der Waals surface area contributed by atoms with Crippen LogP contribution in [0.2, 0.25) is 0 Å². The van der Waals surface area contributed by atoms with Crippen molar-refractivity contribution in [3.05, 3.63) is 0 Å². The first kappa shape index (κ1) is 9.00. The van der Waals surface area contributed by atoms with E-state index in [4.69, 9.17) is 0 Å². The van der Waals surface area contributed by atoms with E-state index < -0.39 is 0 Å². The van der Waals surface area contributed by atoms with E-state index in [0.717, 1.165) is 0 Å². The predicted octanol–water partition coefficient (Wildman–Crippen LogP) is -1.11. The lowest BCUT2D eigenvalue weighted by Crippen LogP contribution is -2.26. The Morgan fingerprint density at radius 1 is 1.60 bits per heavy atom. The number of rotatable bonds is 3. The Bertz CT molecular complexity index is 121. The molecule has 0 fully saturated rings. The molecule has 5 heteroatoms. The molecule has 0 spiro atoms. The molecule has 1 amide bonds. The summed E-state index contributed by atoms with van der Waals surface area (Å²) in [6.07, 6.45) is 0. The fourth-order valence-electron chi connectivity index (χ4n) is 0.422. The molecule has 0 atom stereocenters. The Morgan fingerprint density at radius 2 is 2.20 bits per heavy atom. The number of nitrogens with one attached hydrogen (secondary N) is 1. The second kappa shape index (κ2) is 4.84. The van der Waals surface area contributed by atoms with Crippen molar-refractivity contribution < 1.29 is 14.3 Å². The first-order chi connectivity index (χ1) is 4.63. The topological polar surface area (TPSA) is 55.4 Å². The number of esters is 1. The molecule has 0 rings (SSSR count). The van der Waals surface area contributed by atoms with E-state index in [0.29, 0.717) is 6.54 Å². The summed E-state index contributed by atoms with van der Waals surface area (Å²) in [6, 6.07) is 0. The van der Waals surface area contributed by atoms with Crippen molar-refractivity contribution in [3.63, 3.8) is 0 Å². The van der Waals surface area contributed by atoms with Gasteiger partial charge in [0.05, 0.1) is 6.54 Å². The van der Waals surface area contributed by atoms with Gasteiger partial charge in [0.2, 0.25) is 7.85 Å². The summed E-state index contributed by atoms with van der Waals surface area (Å²) in [7, 11) is 1.41.